The van der Waals surface area contributed by atoms with Crippen molar-refractivity contribution in [1.82, 2.24) is 4.90 Å². The Hall–Kier alpha value is -4.04. The van der Waals surface area contributed by atoms with E-state index in [9.17, 15) is 9.59 Å². The minimum atomic E-state index is -0.466. The van der Waals surface area contributed by atoms with Gasteiger partial charge >= 0.3 is 0 Å². The Balaban J connectivity index is 1.44. The molecule has 0 unspecified atom stereocenters. The topological polar surface area (TPSA) is 80.3 Å². The number of nitrogens with one attached hydrogen (secondary N) is 1. The summed E-state index contributed by atoms with van der Waals surface area (Å²) in [4.78, 5) is 29.6. The number of carbonyl (C=O) groups excluding carboxylic acids is 2. The predicted molar refractivity (Wildman–Crippen MR) is 137 cm³/mol. The van der Waals surface area contributed by atoms with Crippen molar-refractivity contribution in [3.8, 4) is 11.5 Å². The van der Waals surface area contributed by atoms with Crippen LogP contribution in [0.1, 0.15) is 27.7 Å². The molecule has 0 bridgehead atoms. The molecule has 1 saturated heterocycles. The maximum absolute atomic E-state index is 13.6. The molecule has 3 aromatic carbocycles. The fraction of sp³-hybridized carbons (Fsp3) is 0.286. The van der Waals surface area contributed by atoms with E-state index >= 15 is 0 Å². The average Bonchev–Trinajstić information content (AvgIpc) is 2.92. The number of nitrogens with zero attached hydrogens (tertiary/aromatic N) is 2. The fourth-order valence-corrected chi connectivity index (χ4v) is 4.55. The number of hydrogen-bond acceptors (Lipinski definition) is 6. The van der Waals surface area contributed by atoms with Gasteiger partial charge in [-0.3, -0.25) is 14.5 Å². The summed E-state index contributed by atoms with van der Waals surface area (Å²) in [6.45, 7) is 4.13. The third kappa shape index (κ3) is 4.72. The lowest BCUT2D eigenvalue weighted by Crippen LogP contribution is -2.43. The molecule has 1 N–H and O–H groups in total. The van der Waals surface area contributed by atoms with E-state index in [2.05, 4.69) is 5.32 Å². The number of morpholine rings is 1. The SMILES string of the molecule is COc1cc([C@@H]2Nc3ccccc3C(=O)N2c2cccc(C)c2)ccc1OCC(=O)N1CCOCC1. The lowest BCUT2D eigenvalue weighted by Gasteiger charge is -2.38. The molecule has 8 nitrogen and oxygen atoms in total. The molecule has 0 saturated carbocycles. The highest BCUT2D eigenvalue weighted by molar-refractivity contribution is 6.12. The lowest BCUT2D eigenvalue weighted by atomic mass is 10.0. The normalized spacial score (nSPS) is 17.3. The van der Waals surface area contributed by atoms with Gasteiger partial charge in [-0.2, -0.15) is 0 Å². The maximum Gasteiger partial charge on any atom is 0.262 e. The zero-order chi connectivity index (χ0) is 25.1. The van der Waals surface area contributed by atoms with Gasteiger partial charge in [0.2, 0.25) is 0 Å². The molecule has 5 rings (SSSR count). The largest absolute Gasteiger partial charge is 0.493 e. The van der Waals surface area contributed by atoms with Crippen LogP contribution in [-0.4, -0.2) is 56.7 Å². The van der Waals surface area contributed by atoms with Gasteiger partial charge in [0.05, 0.1) is 25.9 Å². The van der Waals surface area contributed by atoms with E-state index < -0.39 is 6.17 Å². The van der Waals surface area contributed by atoms with Crippen molar-refractivity contribution in [3.05, 3.63) is 83.4 Å². The number of para-hydroxylation sites is 1. The number of benzene rings is 3. The van der Waals surface area contributed by atoms with Crippen LogP contribution in [0.5, 0.6) is 11.5 Å². The number of fused-ring (bicyclic) bond motifs is 1. The van der Waals surface area contributed by atoms with Gasteiger partial charge in [-0.05, 0) is 54.4 Å². The smallest absolute Gasteiger partial charge is 0.262 e. The van der Waals surface area contributed by atoms with Crippen LogP contribution in [0.15, 0.2) is 66.7 Å². The molecule has 1 fully saturated rings. The Morgan fingerprint density at radius 1 is 1.03 bits per heavy atom. The number of carbonyl (C=O) groups is 2. The van der Waals surface area contributed by atoms with Crippen LogP contribution in [0.2, 0.25) is 0 Å². The van der Waals surface area contributed by atoms with Crippen molar-refractivity contribution in [1.29, 1.82) is 0 Å². The summed E-state index contributed by atoms with van der Waals surface area (Å²) in [6.07, 6.45) is -0.466. The quantitative estimate of drug-likeness (QED) is 0.566. The number of amides is 2. The zero-order valence-corrected chi connectivity index (χ0v) is 20.4. The zero-order valence-electron chi connectivity index (χ0n) is 20.4. The van der Waals surface area contributed by atoms with E-state index in [-0.39, 0.29) is 18.4 Å². The summed E-state index contributed by atoms with van der Waals surface area (Å²) < 4.78 is 16.7. The molecule has 1 atom stereocenters. The molecular formula is C28H29N3O5. The first-order valence-corrected chi connectivity index (χ1v) is 12.0. The molecule has 3 aromatic rings. The molecule has 2 heterocycles. The fourth-order valence-electron chi connectivity index (χ4n) is 4.55. The Kier molecular flexibility index (Phi) is 6.77. The summed E-state index contributed by atoms with van der Waals surface area (Å²) in [5.41, 5.74) is 4.06. The van der Waals surface area contributed by atoms with Crippen LogP contribution < -0.4 is 19.7 Å². The molecule has 0 radical (unpaired) electrons. The molecule has 186 valence electrons. The van der Waals surface area contributed by atoms with Gasteiger partial charge in [-0.1, -0.05) is 30.3 Å². The van der Waals surface area contributed by atoms with Crippen LogP contribution in [0.4, 0.5) is 11.4 Å². The van der Waals surface area contributed by atoms with Crippen molar-refractivity contribution in [2.45, 2.75) is 13.1 Å². The summed E-state index contributed by atoms with van der Waals surface area (Å²) in [6, 6.07) is 20.9. The molecular weight excluding hydrogens is 458 g/mol. The van der Waals surface area contributed by atoms with Gasteiger partial charge in [0.25, 0.3) is 11.8 Å². The molecule has 36 heavy (non-hydrogen) atoms. The van der Waals surface area contributed by atoms with Crippen LogP contribution in [0, 0.1) is 6.92 Å². The van der Waals surface area contributed by atoms with Crippen LogP contribution in [0.3, 0.4) is 0 Å². The molecule has 0 aliphatic carbocycles. The standard InChI is InChI=1S/C28H29N3O5/c1-19-6-5-7-21(16-19)31-27(29-23-9-4-3-8-22(23)28(31)33)20-10-11-24(25(17-20)34-2)36-18-26(32)30-12-14-35-15-13-30/h3-11,16-17,27,29H,12-15,18H2,1-2H3/t27-/m1/s1. The molecule has 0 aromatic heterocycles. The predicted octanol–water partition coefficient (Wildman–Crippen LogP) is 4.01. The molecule has 0 spiro atoms. The summed E-state index contributed by atoms with van der Waals surface area (Å²) in [5, 5.41) is 3.51. The van der Waals surface area contributed by atoms with Crippen molar-refractivity contribution >= 4 is 23.2 Å². The number of aryl methyl sites for hydroxylation is 1. The first-order chi connectivity index (χ1) is 17.5. The maximum atomic E-state index is 13.6. The first-order valence-electron chi connectivity index (χ1n) is 12.0. The number of anilines is 2. The van der Waals surface area contributed by atoms with Gasteiger partial charge in [0, 0.05) is 24.5 Å². The van der Waals surface area contributed by atoms with Crippen molar-refractivity contribution in [3.63, 3.8) is 0 Å². The Morgan fingerprint density at radius 2 is 1.83 bits per heavy atom. The van der Waals surface area contributed by atoms with Gasteiger partial charge in [-0.15, -0.1) is 0 Å². The van der Waals surface area contributed by atoms with Crippen LogP contribution in [-0.2, 0) is 9.53 Å². The number of methoxy groups -OCH3 is 1. The van der Waals surface area contributed by atoms with Crippen molar-refractivity contribution < 1.29 is 23.8 Å². The van der Waals surface area contributed by atoms with E-state index in [4.69, 9.17) is 14.2 Å². The third-order valence-electron chi connectivity index (χ3n) is 6.42. The van der Waals surface area contributed by atoms with Crippen molar-refractivity contribution in [2.24, 2.45) is 0 Å². The average molecular weight is 488 g/mol. The minimum absolute atomic E-state index is 0.0847. The molecule has 8 heteroatoms. The summed E-state index contributed by atoms with van der Waals surface area (Å²) >= 11 is 0. The third-order valence-corrected chi connectivity index (χ3v) is 6.42. The molecule has 2 amide bonds. The Morgan fingerprint density at radius 3 is 2.61 bits per heavy atom. The van der Waals surface area contributed by atoms with Crippen molar-refractivity contribution in [2.75, 3.05) is 50.2 Å². The van der Waals surface area contributed by atoms with Crippen LogP contribution >= 0.6 is 0 Å². The van der Waals surface area contributed by atoms with Gasteiger partial charge in [-0.25, -0.2) is 0 Å². The van der Waals surface area contributed by atoms with E-state index in [1.54, 1.807) is 23.0 Å². The first kappa shape index (κ1) is 23.7. The number of rotatable bonds is 6. The highest BCUT2D eigenvalue weighted by Crippen LogP contribution is 2.39. The van der Waals surface area contributed by atoms with Crippen LogP contribution in [0.25, 0.3) is 0 Å². The second-order valence-corrected chi connectivity index (χ2v) is 8.80. The Bertz CT molecular complexity index is 1270. The van der Waals surface area contributed by atoms with E-state index in [1.807, 2.05) is 67.6 Å². The van der Waals surface area contributed by atoms with E-state index in [0.29, 0.717) is 43.4 Å². The second-order valence-electron chi connectivity index (χ2n) is 8.80. The number of hydrogen-bond donors (Lipinski definition) is 1. The monoisotopic (exact) mass is 487 g/mol. The minimum Gasteiger partial charge on any atom is -0.493 e. The number of ether oxygens (including phenoxy) is 3. The second kappa shape index (κ2) is 10.3. The van der Waals surface area contributed by atoms with Gasteiger partial charge < -0.3 is 24.4 Å². The van der Waals surface area contributed by atoms with Gasteiger partial charge in [0.1, 0.15) is 6.17 Å². The molecule has 2 aliphatic rings. The highest BCUT2D eigenvalue weighted by Gasteiger charge is 2.34. The molecule has 2 aliphatic heterocycles. The summed E-state index contributed by atoms with van der Waals surface area (Å²) in [7, 11) is 1.56. The van der Waals surface area contributed by atoms with E-state index in [0.717, 1.165) is 22.5 Å². The van der Waals surface area contributed by atoms with E-state index in [1.165, 1.54) is 0 Å². The lowest BCUT2D eigenvalue weighted by molar-refractivity contribution is -0.137. The van der Waals surface area contributed by atoms with Gasteiger partial charge in [0.15, 0.2) is 18.1 Å². The summed E-state index contributed by atoms with van der Waals surface area (Å²) in [5.74, 6) is 0.772. The Labute approximate surface area is 210 Å². The highest BCUT2D eigenvalue weighted by atomic mass is 16.5.